The molecule has 1 N–H and O–H groups in total. The van der Waals surface area contributed by atoms with E-state index in [1.165, 1.54) is 14.1 Å². The first-order valence-electron chi connectivity index (χ1n) is 1.55. The maximum absolute atomic E-state index is 9.62. The first kappa shape index (κ1) is 10.3. The van der Waals surface area contributed by atoms with E-state index in [4.69, 9.17) is 5.11 Å². The van der Waals surface area contributed by atoms with Crippen LogP contribution in [0.1, 0.15) is 0 Å². The van der Waals surface area contributed by atoms with Crippen molar-refractivity contribution < 1.29 is 9.90 Å². The van der Waals surface area contributed by atoms with Crippen LogP contribution in [0.25, 0.3) is 0 Å². The fraction of sp³-hybridized carbons (Fsp3) is 0.667. The molecule has 3 nitrogen and oxygen atoms in total. The Morgan fingerprint density at radius 2 is 1.71 bits per heavy atom. The summed E-state index contributed by atoms with van der Waals surface area (Å²) in [6.45, 7) is 0. The van der Waals surface area contributed by atoms with Gasteiger partial charge in [0.25, 0.3) is 0 Å². The molecule has 0 aromatic rings. The van der Waals surface area contributed by atoms with E-state index in [2.05, 4.69) is 0 Å². The van der Waals surface area contributed by atoms with E-state index in [-0.39, 0.29) is 29.6 Å². The van der Waals surface area contributed by atoms with E-state index in [1.54, 1.807) is 0 Å². The molecule has 0 aromatic heterocycles. The minimum atomic E-state index is -0.907. The Labute approximate surface area is 64.6 Å². The van der Waals surface area contributed by atoms with E-state index >= 15 is 0 Å². The molecule has 38 valence electrons. The number of hydrogen-bond acceptors (Lipinski definition) is 1. The minimum absolute atomic E-state index is 0. The molecule has 0 spiro atoms. The zero-order chi connectivity index (χ0) is 5.15. The molecule has 0 heterocycles. The van der Waals surface area contributed by atoms with Gasteiger partial charge in [0.05, 0.1) is 0 Å². The summed E-state index contributed by atoms with van der Waals surface area (Å²) in [6, 6.07) is 0. The quantitative estimate of drug-likeness (QED) is 0.433. The Bertz CT molecular complexity index is 64.0. The number of carboxylic acid groups (broad SMARTS) is 1. The molecule has 0 saturated heterocycles. The van der Waals surface area contributed by atoms with Crippen LogP contribution in [0.15, 0.2) is 0 Å². The van der Waals surface area contributed by atoms with E-state index in [0.29, 0.717) is 0 Å². The molecule has 0 aromatic carbocycles. The Kier molecular flexibility index (Phi) is 6.51. The predicted molar refractivity (Wildman–Crippen MR) is 28.9 cm³/mol. The van der Waals surface area contributed by atoms with Gasteiger partial charge in [0, 0.05) is 14.1 Å². The van der Waals surface area contributed by atoms with Gasteiger partial charge in [0.1, 0.15) is 0 Å². The van der Waals surface area contributed by atoms with Crippen molar-refractivity contribution in [3.8, 4) is 0 Å². The van der Waals surface area contributed by atoms with Crippen LogP contribution in [0.2, 0.25) is 0 Å². The van der Waals surface area contributed by atoms with E-state index in [0.717, 1.165) is 4.90 Å². The van der Waals surface area contributed by atoms with E-state index in [9.17, 15) is 4.79 Å². The monoisotopic (exact) mass is 113 g/mol. The molecule has 7 heavy (non-hydrogen) atoms. The van der Waals surface area contributed by atoms with Crippen molar-refractivity contribution >= 4 is 35.7 Å². The molecular formula is C3H8NNaO2. The summed E-state index contributed by atoms with van der Waals surface area (Å²) >= 11 is 0. The molecule has 4 heteroatoms. The Hall–Kier alpha value is 0.270. The van der Waals surface area contributed by atoms with Crippen LogP contribution >= 0.6 is 0 Å². The van der Waals surface area contributed by atoms with Crippen LogP contribution in [0, 0.1) is 0 Å². The summed E-state index contributed by atoms with van der Waals surface area (Å²) in [4.78, 5) is 10.7. The van der Waals surface area contributed by atoms with Crippen molar-refractivity contribution in [3.05, 3.63) is 0 Å². The fourth-order valence-corrected chi connectivity index (χ4v) is 0. The second-order valence-corrected chi connectivity index (χ2v) is 1.18. The molecule has 0 saturated carbocycles. The van der Waals surface area contributed by atoms with Crippen LogP contribution in [-0.2, 0) is 0 Å². The topological polar surface area (TPSA) is 40.5 Å². The van der Waals surface area contributed by atoms with Gasteiger partial charge in [-0.1, -0.05) is 0 Å². The molecule has 0 radical (unpaired) electrons. The van der Waals surface area contributed by atoms with Crippen molar-refractivity contribution in [3.63, 3.8) is 0 Å². The third-order valence-corrected chi connectivity index (χ3v) is 0.383. The average molecular weight is 113 g/mol. The van der Waals surface area contributed by atoms with Crippen molar-refractivity contribution in [2.75, 3.05) is 14.1 Å². The standard InChI is InChI=1S/C3H7NO2.Na.H/c1-4(2)3(5)6;;/h1-2H3,(H,5,6);;. The predicted octanol–water partition coefficient (Wildman–Crippen LogP) is -0.422. The molecule has 0 unspecified atom stereocenters. The molecule has 0 aliphatic heterocycles. The zero-order valence-corrected chi connectivity index (χ0v) is 3.80. The van der Waals surface area contributed by atoms with Gasteiger partial charge in [-0.3, -0.25) is 0 Å². The number of amides is 1. The first-order chi connectivity index (χ1) is 2.64. The zero-order valence-electron chi connectivity index (χ0n) is 3.80. The molecule has 0 aliphatic rings. The van der Waals surface area contributed by atoms with Gasteiger partial charge in [-0.05, 0) is 0 Å². The summed E-state index contributed by atoms with van der Waals surface area (Å²) in [5.74, 6) is 0. The van der Waals surface area contributed by atoms with Gasteiger partial charge in [-0.2, -0.15) is 0 Å². The Morgan fingerprint density at radius 1 is 1.57 bits per heavy atom. The molecule has 0 fully saturated rings. The molecule has 0 aliphatic carbocycles. The SMILES string of the molecule is CN(C)C(=O)O.[NaH]. The van der Waals surface area contributed by atoms with Crippen molar-refractivity contribution in [2.45, 2.75) is 0 Å². The Morgan fingerprint density at radius 3 is 1.71 bits per heavy atom. The molecule has 0 rings (SSSR count). The van der Waals surface area contributed by atoms with Crippen LogP contribution in [0.5, 0.6) is 0 Å². The van der Waals surface area contributed by atoms with E-state index in [1.807, 2.05) is 0 Å². The van der Waals surface area contributed by atoms with Crippen molar-refractivity contribution in [1.82, 2.24) is 4.90 Å². The molecular weight excluding hydrogens is 105 g/mol. The third kappa shape index (κ3) is 6.27. The second kappa shape index (κ2) is 4.43. The van der Waals surface area contributed by atoms with Gasteiger partial charge in [0.15, 0.2) is 0 Å². The van der Waals surface area contributed by atoms with Gasteiger partial charge in [-0.25, -0.2) is 4.79 Å². The summed E-state index contributed by atoms with van der Waals surface area (Å²) in [6.07, 6.45) is -0.907. The summed E-state index contributed by atoms with van der Waals surface area (Å²) in [5, 5.41) is 7.92. The summed E-state index contributed by atoms with van der Waals surface area (Å²) < 4.78 is 0. The fourth-order valence-electron chi connectivity index (χ4n) is 0. The van der Waals surface area contributed by atoms with Gasteiger partial charge >= 0.3 is 35.7 Å². The number of nitrogens with zero attached hydrogens (tertiary/aromatic N) is 1. The third-order valence-electron chi connectivity index (χ3n) is 0.383. The average Bonchev–Trinajstić information content (AvgIpc) is 1.36. The molecule has 0 atom stereocenters. The first-order valence-corrected chi connectivity index (χ1v) is 1.55. The van der Waals surface area contributed by atoms with Crippen molar-refractivity contribution in [1.29, 1.82) is 0 Å². The molecule has 1 amide bonds. The van der Waals surface area contributed by atoms with Gasteiger partial charge in [-0.15, -0.1) is 0 Å². The number of rotatable bonds is 0. The van der Waals surface area contributed by atoms with Crippen LogP contribution < -0.4 is 0 Å². The second-order valence-electron chi connectivity index (χ2n) is 1.18. The van der Waals surface area contributed by atoms with Crippen LogP contribution in [-0.4, -0.2) is 59.8 Å². The van der Waals surface area contributed by atoms with Crippen LogP contribution in [0.3, 0.4) is 0 Å². The maximum atomic E-state index is 9.62. The summed E-state index contributed by atoms with van der Waals surface area (Å²) in [7, 11) is 2.95. The van der Waals surface area contributed by atoms with Gasteiger partial charge in [0.2, 0.25) is 0 Å². The molecule has 0 bridgehead atoms. The Balaban J connectivity index is 0. The number of carbonyl (C=O) groups is 1. The normalized spacial score (nSPS) is 6.57. The number of hydrogen-bond donors (Lipinski definition) is 1. The van der Waals surface area contributed by atoms with Crippen molar-refractivity contribution in [2.24, 2.45) is 0 Å². The van der Waals surface area contributed by atoms with E-state index < -0.39 is 6.09 Å². The van der Waals surface area contributed by atoms with Gasteiger partial charge < -0.3 is 10.0 Å². The summed E-state index contributed by atoms with van der Waals surface area (Å²) in [5.41, 5.74) is 0. The van der Waals surface area contributed by atoms with Crippen LogP contribution in [0.4, 0.5) is 4.79 Å².